The van der Waals surface area contributed by atoms with Crippen LogP contribution in [0.15, 0.2) is 82.8 Å². The number of rotatable bonds is 6. The lowest BCUT2D eigenvalue weighted by molar-refractivity contribution is -0.137. The molecule has 0 saturated carbocycles. The molecule has 1 N–H and O–H groups in total. The summed E-state index contributed by atoms with van der Waals surface area (Å²) in [6.45, 7) is 0. The molecule has 0 spiro atoms. The highest BCUT2D eigenvalue weighted by Gasteiger charge is 2.33. The molecule has 0 bridgehead atoms. The molecule has 4 rings (SSSR count). The van der Waals surface area contributed by atoms with Gasteiger partial charge in [0.1, 0.15) is 11.5 Å². The van der Waals surface area contributed by atoms with Crippen LogP contribution in [0.5, 0.6) is 11.5 Å². The average Bonchev–Trinajstić information content (AvgIpc) is 3.30. The Morgan fingerprint density at radius 1 is 0.824 bits per heavy atom. The number of aromatic amines is 1. The molecule has 3 aromatic carbocycles. The average molecular weight is 488 g/mol. The maximum atomic E-state index is 13.2. The van der Waals surface area contributed by atoms with Crippen LogP contribution in [-0.4, -0.2) is 32.6 Å². The molecule has 1 heterocycles. The number of ether oxygens (including phenoxy) is 2. The van der Waals surface area contributed by atoms with Gasteiger partial charge in [-0.05, 0) is 66.7 Å². The first-order chi connectivity index (χ1) is 16.1. The number of hydrogen-bond acceptors (Lipinski definition) is 5. The van der Waals surface area contributed by atoms with Crippen molar-refractivity contribution in [2.24, 2.45) is 0 Å². The molecule has 176 valence electrons. The van der Waals surface area contributed by atoms with Crippen LogP contribution >= 0.6 is 0 Å². The van der Waals surface area contributed by atoms with Gasteiger partial charge in [-0.2, -0.15) is 13.2 Å². The Hall–Kier alpha value is -3.79. The van der Waals surface area contributed by atoms with Crippen LogP contribution in [0.3, 0.4) is 0 Å². The Morgan fingerprint density at radius 2 is 1.38 bits per heavy atom. The Kier molecular flexibility index (Phi) is 6.09. The largest absolute Gasteiger partial charge is 0.497 e. The highest BCUT2D eigenvalue weighted by Crippen LogP contribution is 2.35. The minimum absolute atomic E-state index is 0.318. The summed E-state index contributed by atoms with van der Waals surface area (Å²) in [7, 11) is -1.34. The van der Waals surface area contributed by atoms with Crippen molar-refractivity contribution in [3.8, 4) is 34.0 Å². The van der Waals surface area contributed by atoms with Crippen molar-refractivity contribution in [3.63, 3.8) is 0 Å². The van der Waals surface area contributed by atoms with Crippen LogP contribution in [-0.2, 0) is 16.0 Å². The van der Waals surface area contributed by atoms with E-state index in [0.29, 0.717) is 40.1 Å². The highest BCUT2D eigenvalue weighted by molar-refractivity contribution is 7.91. The van der Waals surface area contributed by atoms with Gasteiger partial charge < -0.3 is 14.5 Å². The summed E-state index contributed by atoms with van der Waals surface area (Å²) in [6.07, 6.45) is -4.68. The second-order valence-corrected chi connectivity index (χ2v) is 9.12. The van der Waals surface area contributed by atoms with E-state index in [1.807, 2.05) is 0 Å². The van der Waals surface area contributed by atoms with Crippen LogP contribution < -0.4 is 9.47 Å². The number of halogens is 3. The molecule has 0 amide bonds. The number of hydrogen-bond donors (Lipinski definition) is 1. The Labute approximate surface area is 193 Å². The first-order valence-corrected chi connectivity index (χ1v) is 11.4. The third kappa shape index (κ3) is 4.49. The maximum absolute atomic E-state index is 13.2. The number of methoxy groups -OCH3 is 2. The van der Waals surface area contributed by atoms with E-state index in [-0.39, 0.29) is 0 Å². The third-order valence-corrected chi connectivity index (χ3v) is 6.73. The Bertz CT molecular complexity index is 1350. The summed E-state index contributed by atoms with van der Waals surface area (Å²) in [6, 6.07) is 17.2. The van der Waals surface area contributed by atoms with E-state index in [4.69, 9.17) is 9.47 Å². The lowest BCUT2D eigenvalue weighted by Crippen LogP contribution is -2.09. The van der Waals surface area contributed by atoms with Crippen molar-refractivity contribution in [2.75, 3.05) is 14.2 Å². The minimum Gasteiger partial charge on any atom is -0.497 e. The van der Waals surface area contributed by atoms with Crippen LogP contribution in [0.25, 0.3) is 22.5 Å². The van der Waals surface area contributed by atoms with E-state index in [2.05, 4.69) is 9.97 Å². The molecule has 6 nitrogen and oxygen atoms in total. The van der Waals surface area contributed by atoms with Crippen LogP contribution in [0.4, 0.5) is 13.2 Å². The zero-order valence-corrected chi connectivity index (χ0v) is 18.9. The molecule has 0 atom stereocenters. The number of benzene rings is 3. The van der Waals surface area contributed by atoms with Gasteiger partial charge in [-0.25, -0.2) is 13.4 Å². The molecule has 0 aliphatic heterocycles. The Balaban J connectivity index is 1.87. The second-order valence-electron chi connectivity index (χ2n) is 7.25. The number of aromatic nitrogens is 2. The predicted octanol–water partition coefficient (Wildman–Crippen LogP) is 5.61. The monoisotopic (exact) mass is 488 g/mol. The van der Waals surface area contributed by atoms with Crippen LogP contribution in [0.1, 0.15) is 5.56 Å². The van der Waals surface area contributed by atoms with E-state index in [0.717, 1.165) is 18.2 Å². The van der Waals surface area contributed by atoms with Gasteiger partial charge in [-0.1, -0.05) is 6.07 Å². The molecule has 34 heavy (non-hydrogen) atoms. The van der Waals surface area contributed by atoms with Crippen molar-refractivity contribution in [3.05, 3.63) is 78.4 Å². The summed E-state index contributed by atoms with van der Waals surface area (Å²) in [4.78, 5) is 6.59. The molecule has 0 aliphatic carbocycles. The quantitative estimate of drug-likeness (QED) is 0.381. The molecule has 0 radical (unpaired) electrons. The fourth-order valence-corrected chi connectivity index (χ4v) is 4.57. The maximum Gasteiger partial charge on any atom is 0.416 e. The molecule has 0 aliphatic rings. The molecule has 10 heteroatoms. The summed E-state index contributed by atoms with van der Waals surface area (Å²) in [5.41, 5.74) is 0.848. The number of imidazole rings is 1. The molecular formula is C24H19F3N2O4S. The smallest absolute Gasteiger partial charge is 0.416 e. The zero-order valence-electron chi connectivity index (χ0n) is 18.1. The van der Waals surface area contributed by atoms with E-state index in [1.54, 1.807) is 48.5 Å². The molecule has 1 aromatic heterocycles. The van der Waals surface area contributed by atoms with Gasteiger partial charge in [-0.15, -0.1) is 0 Å². The first-order valence-electron chi connectivity index (χ1n) is 9.94. The number of nitrogens with one attached hydrogen (secondary N) is 1. The van der Waals surface area contributed by atoms with E-state index in [9.17, 15) is 21.6 Å². The third-order valence-electron chi connectivity index (χ3n) is 5.15. The van der Waals surface area contributed by atoms with Crippen LogP contribution in [0.2, 0.25) is 0 Å². The number of nitrogens with zero attached hydrogens (tertiary/aromatic N) is 1. The number of alkyl halides is 3. The summed E-state index contributed by atoms with van der Waals surface area (Å²) in [5.74, 6) is 1.20. The SMILES string of the molecule is COc1ccc(-c2nc(S(=O)(=O)c3cccc(C(F)(F)F)c3)[nH]c2-c2ccc(OC)cc2)cc1. The number of H-pyrrole nitrogens is 1. The van der Waals surface area contributed by atoms with Gasteiger partial charge in [0.25, 0.3) is 0 Å². The fraction of sp³-hybridized carbons (Fsp3) is 0.125. The van der Waals surface area contributed by atoms with E-state index in [1.165, 1.54) is 14.2 Å². The zero-order chi connectivity index (χ0) is 24.5. The Morgan fingerprint density at radius 3 is 1.91 bits per heavy atom. The van der Waals surface area contributed by atoms with Gasteiger partial charge in [0, 0.05) is 11.1 Å². The van der Waals surface area contributed by atoms with Gasteiger partial charge in [0.15, 0.2) is 0 Å². The van der Waals surface area contributed by atoms with Crippen molar-refractivity contribution in [1.82, 2.24) is 9.97 Å². The summed E-state index contributed by atoms with van der Waals surface area (Å²) in [5, 5.41) is -0.469. The molecular weight excluding hydrogens is 469 g/mol. The van der Waals surface area contributed by atoms with E-state index >= 15 is 0 Å². The van der Waals surface area contributed by atoms with E-state index < -0.39 is 31.6 Å². The molecule has 0 fully saturated rings. The predicted molar refractivity (Wildman–Crippen MR) is 119 cm³/mol. The van der Waals surface area contributed by atoms with Crippen LogP contribution in [0, 0.1) is 0 Å². The van der Waals surface area contributed by atoms with Gasteiger partial charge in [-0.3, -0.25) is 0 Å². The van der Waals surface area contributed by atoms with Crippen molar-refractivity contribution >= 4 is 9.84 Å². The number of sulfone groups is 1. The van der Waals surface area contributed by atoms with Gasteiger partial charge in [0.05, 0.1) is 36.1 Å². The fourth-order valence-electron chi connectivity index (χ4n) is 3.35. The van der Waals surface area contributed by atoms with Gasteiger partial charge in [0.2, 0.25) is 15.0 Å². The van der Waals surface area contributed by atoms with Crippen molar-refractivity contribution in [2.45, 2.75) is 16.2 Å². The standard InChI is InChI=1S/C24H19F3N2O4S/c1-32-18-10-6-15(7-11-18)21-22(16-8-12-19(33-2)13-9-16)29-23(28-21)34(30,31)20-5-3-4-17(14-20)24(25,26)27/h3-14H,1-2H3,(H,28,29). The molecule has 0 saturated heterocycles. The minimum atomic E-state index is -4.68. The molecule has 0 unspecified atom stereocenters. The lowest BCUT2D eigenvalue weighted by Gasteiger charge is -2.08. The topological polar surface area (TPSA) is 81.3 Å². The highest BCUT2D eigenvalue weighted by atomic mass is 32.2. The lowest BCUT2D eigenvalue weighted by atomic mass is 10.0. The first kappa shape index (κ1) is 23.4. The van der Waals surface area contributed by atoms with Crippen molar-refractivity contribution in [1.29, 1.82) is 0 Å². The van der Waals surface area contributed by atoms with Crippen molar-refractivity contribution < 1.29 is 31.1 Å². The summed E-state index contributed by atoms with van der Waals surface area (Å²) < 4.78 is 76.3. The second kappa shape index (κ2) is 8.86. The normalized spacial score (nSPS) is 11.9. The summed E-state index contributed by atoms with van der Waals surface area (Å²) >= 11 is 0. The van der Waals surface area contributed by atoms with Gasteiger partial charge >= 0.3 is 6.18 Å². The molecule has 4 aromatic rings.